The van der Waals surface area contributed by atoms with Crippen molar-refractivity contribution in [1.82, 2.24) is 24.3 Å². The van der Waals surface area contributed by atoms with E-state index >= 15 is 0 Å². The molecular formula is C17H29N7O3S. The summed E-state index contributed by atoms with van der Waals surface area (Å²) in [5.41, 5.74) is 0. The zero-order chi connectivity index (χ0) is 20.3. The van der Waals surface area contributed by atoms with Gasteiger partial charge in [0.05, 0.1) is 12.8 Å². The first-order valence-corrected chi connectivity index (χ1v) is 11.3. The largest absolute Gasteiger partial charge is 0.353 e. The molecule has 11 heteroatoms. The van der Waals surface area contributed by atoms with E-state index in [4.69, 9.17) is 0 Å². The van der Waals surface area contributed by atoms with Gasteiger partial charge in [-0.3, -0.25) is 4.79 Å². The fourth-order valence-corrected chi connectivity index (χ4v) is 3.63. The number of carbonyl (C=O) groups is 1. The highest BCUT2D eigenvalue weighted by atomic mass is 32.2. The molecule has 0 atom stereocenters. The second-order valence-electron chi connectivity index (χ2n) is 7.43. The number of likely N-dealkylation sites (N-methyl/N-ethyl adjacent to an activating group) is 2. The molecular weight excluding hydrogens is 382 g/mol. The fourth-order valence-electron chi connectivity index (χ4n) is 3.28. The van der Waals surface area contributed by atoms with Crippen molar-refractivity contribution in [2.24, 2.45) is 0 Å². The van der Waals surface area contributed by atoms with Crippen molar-refractivity contribution in [3.8, 4) is 0 Å². The number of carbonyl (C=O) groups excluding carboxylic acids is 1. The van der Waals surface area contributed by atoms with E-state index in [9.17, 15) is 13.2 Å². The van der Waals surface area contributed by atoms with E-state index in [-0.39, 0.29) is 12.5 Å². The minimum atomic E-state index is -3.36. The van der Waals surface area contributed by atoms with E-state index in [0.29, 0.717) is 26.2 Å². The quantitative estimate of drug-likeness (QED) is 0.595. The first-order valence-electron chi connectivity index (χ1n) is 9.45. The maximum Gasteiger partial charge on any atom is 0.238 e. The van der Waals surface area contributed by atoms with Crippen LogP contribution in [0, 0.1) is 0 Å². The van der Waals surface area contributed by atoms with E-state index in [2.05, 4.69) is 31.9 Å². The molecule has 2 saturated heterocycles. The number of rotatable bonds is 5. The zero-order valence-corrected chi connectivity index (χ0v) is 17.6. The van der Waals surface area contributed by atoms with Crippen LogP contribution in [0.25, 0.3) is 0 Å². The van der Waals surface area contributed by atoms with E-state index in [1.165, 1.54) is 7.05 Å². The lowest BCUT2D eigenvalue weighted by Crippen LogP contribution is -2.51. The Hall–Kier alpha value is -1.98. The van der Waals surface area contributed by atoms with Crippen LogP contribution in [0.2, 0.25) is 0 Å². The lowest BCUT2D eigenvalue weighted by molar-refractivity contribution is -0.131. The van der Waals surface area contributed by atoms with Crippen molar-refractivity contribution >= 4 is 27.6 Å². The SMILES string of the molecule is CN1CCN(c2ccc(N3CCN(C(=O)CN(C)S(C)(=O)=O)CC3)nn2)CC1. The van der Waals surface area contributed by atoms with E-state index in [0.717, 1.165) is 48.4 Å². The first-order chi connectivity index (χ1) is 13.2. The van der Waals surface area contributed by atoms with Gasteiger partial charge in [0.15, 0.2) is 11.6 Å². The molecule has 2 aliphatic heterocycles. The Morgan fingerprint density at radius 2 is 1.43 bits per heavy atom. The number of sulfonamides is 1. The number of nitrogens with zero attached hydrogens (tertiary/aromatic N) is 7. The third-order valence-corrected chi connectivity index (χ3v) is 6.61. The van der Waals surface area contributed by atoms with Gasteiger partial charge in [0.1, 0.15) is 0 Å². The Morgan fingerprint density at radius 1 is 0.964 bits per heavy atom. The van der Waals surface area contributed by atoms with Crippen LogP contribution in [-0.2, 0) is 14.8 Å². The predicted octanol–water partition coefficient (Wildman–Crippen LogP) is -1.23. The molecule has 28 heavy (non-hydrogen) atoms. The molecule has 0 aliphatic carbocycles. The zero-order valence-electron chi connectivity index (χ0n) is 16.8. The summed E-state index contributed by atoms with van der Waals surface area (Å²) in [6.45, 7) is 6.20. The third-order valence-electron chi connectivity index (χ3n) is 5.34. The molecule has 1 aromatic rings. The number of piperazine rings is 2. The van der Waals surface area contributed by atoms with Crippen LogP contribution in [0.15, 0.2) is 12.1 Å². The summed E-state index contributed by atoms with van der Waals surface area (Å²) in [4.78, 5) is 20.6. The normalized spacial score (nSPS) is 19.4. The maximum atomic E-state index is 12.3. The van der Waals surface area contributed by atoms with Crippen molar-refractivity contribution in [3.63, 3.8) is 0 Å². The molecule has 0 saturated carbocycles. The molecule has 1 aromatic heterocycles. The lowest BCUT2D eigenvalue weighted by Gasteiger charge is -2.36. The van der Waals surface area contributed by atoms with Gasteiger partial charge in [-0.25, -0.2) is 8.42 Å². The topological polar surface area (TPSA) is 93.2 Å². The van der Waals surface area contributed by atoms with Crippen molar-refractivity contribution in [2.45, 2.75) is 0 Å². The second-order valence-corrected chi connectivity index (χ2v) is 9.52. The Balaban J connectivity index is 1.51. The number of anilines is 2. The van der Waals surface area contributed by atoms with Gasteiger partial charge in [-0.15, -0.1) is 10.2 Å². The number of hydrogen-bond acceptors (Lipinski definition) is 8. The van der Waals surface area contributed by atoms with Crippen LogP contribution in [-0.4, -0.2) is 118 Å². The summed E-state index contributed by atoms with van der Waals surface area (Å²) in [5, 5.41) is 8.76. The van der Waals surface area contributed by atoms with Gasteiger partial charge >= 0.3 is 0 Å². The van der Waals surface area contributed by atoms with E-state index in [1.807, 2.05) is 12.1 Å². The monoisotopic (exact) mass is 411 g/mol. The summed E-state index contributed by atoms with van der Waals surface area (Å²) < 4.78 is 24.0. The Kier molecular flexibility index (Phi) is 6.36. The number of aromatic nitrogens is 2. The van der Waals surface area contributed by atoms with Gasteiger partial charge < -0.3 is 19.6 Å². The smallest absolute Gasteiger partial charge is 0.238 e. The van der Waals surface area contributed by atoms with Gasteiger partial charge in [0.2, 0.25) is 15.9 Å². The summed E-state index contributed by atoms with van der Waals surface area (Å²) in [6, 6.07) is 3.99. The Morgan fingerprint density at radius 3 is 1.86 bits per heavy atom. The summed E-state index contributed by atoms with van der Waals surface area (Å²) >= 11 is 0. The molecule has 2 aliphatic rings. The average Bonchev–Trinajstić information content (AvgIpc) is 2.68. The maximum absolute atomic E-state index is 12.3. The van der Waals surface area contributed by atoms with E-state index in [1.54, 1.807) is 4.90 Å². The van der Waals surface area contributed by atoms with Crippen LogP contribution in [0.4, 0.5) is 11.6 Å². The van der Waals surface area contributed by atoms with Crippen LogP contribution in [0.1, 0.15) is 0 Å². The van der Waals surface area contributed by atoms with Crippen LogP contribution in [0.5, 0.6) is 0 Å². The third kappa shape index (κ3) is 5.09. The average molecular weight is 412 g/mol. The van der Waals surface area contributed by atoms with Gasteiger partial charge in [0, 0.05) is 59.4 Å². The lowest BCUT2D eigenvalue weighted by atomic mass is 10.3. The minimum Gasteiger partial charge on any atom is -0.353 e. The van der Waals surface area contributed by atoms with Crippen LogP contribution < -0.4 is 9.80 Å². The standard InChI is InChI=1S/C17H29N7O3S/c1-20-6-8-22(9-7-20)15-4-5-16(19-18-15)23-10-12-24(13-11-23)17(25)14-21(2)28(3,26)27/h4-5H,6-14H2,1-3H3. The highest BCUT2D eigenvalue weighted by molar-refractivity contribution is 7.88. The molecule has 0 N–H and O–H groups in total. The predicted molar refractivity (Wildman–Crippen MR) is 108 cm³/mol. The van der Waals surface area contributed by atoms with E-state index < -0.39 is 10.0 Å². The Labute approximate surface area is 166 Å². The molecule has 0 unspecified atom stereocenters. The molecule has 156 valence electrons. The second kappa shape index (κ2) is 8.58. The minimum absolute atomic E-state index is 0.127. The highest BCUT2D eigenvalue weighted by Gasteiger charge is 2.25. The van der Waals surface area contributed by atoms with Crippen molar-refractivity contribution in [2.75, 3.05) is 89.1 Å². The highest BCUT2D eigenvalue weighted by Crippen LogP contribution is 2.17. The molecule has 0 aromatic carbocycles. The number of amides is 1. The van der Waals surface area contributed by atoms with Crippen molar-refractivity contribution in [3.05, 3.63) is 12.1 Å². The molecule has 0 spiro atoms. The van der Waals surface area contributed by atoms with Crippen LogP contribution in [0.3, 0.4) is 0 Å². The summed E-state index contributed by atoms with van der Waals surface area (Å²) in [6.07, 6.45) is 1.10. The molecule has 2 fully saturated rings. The fraction of sp³-hybridized carbons (Fsp3) is 0.706. The molecule has 10 nitrogen and oxygen atoms in total. The van der Waals surface area contributed by atoms with Crippen LogP contribution >= 0.6 is 0 Å². The van der Waals surface area contributed by atoms with Crippen molar-refractivity contribution in [1.29, 1.82) is 0 Å². The molecule has 0 radical (unpaired) electrons. The van der Waals surface area contributed by atoms with Gasteiger partial charge in [-0.2, -0.15) is 4.31 Å². The summed E-state index contributed by atoms with van der Waals surface area (Å²) in [5.74, 6) is 1.52. The Bertz CT molecular complexity index is 770. The number of hydrogen-bond donors (Lipinski definition) is 0. The molecule has 3 rings (SSSR count). The first kappa shape index (κ1) is 20.7. The van der Waals surface area contributed by atoms with Gasteiger partial charge in [-0.1, -0.05) is 0 Å². The molecule has 0 bridgehead atoms. The summed E-state index contributed by atoms with van der Waals surface area (Å²) in [7, 11) is 0.182. The molecule has 1 amide bonds. The van der Waals surface area contributed by atoms with Gasteiger partial charge in [0.25, 0.3) is 0 Å². The van der Waals surface area contributed by atoms with Crippen molar-refractivity contribution < 1.29 is 13.2 Å². The van der Waals surface area contributed by atoms with Gasteiger partial charge in [-0.05, 0) is 19.2 Å². The molecule has 3 heterocycles.